The first-order chi connectivity index (χ1) is 14.5. The van der Waals surface area contributed by atoms with Crippen molar-refractivity contribution in [1.82, 2.24) is 4.72 Å². The molecule has 0 aliphatic carbocycles. The van der Waals surface area contributed by atoms with E-state index in [-0.39, 0.29) is 10.8 Å². The number of benzene rings is 3. The van der Waals surface area contributed by atoms with Gasteiger partial charge < -0.3 is 5.32 Å². The van der Waals surface area contributed by atoms with Gasteiger partial charge in [-0.25, -0.2) is 8.42 Å². The standard InChI is InChI=1S/C23H23N3O3S/c27-23(19-10-9-17-6-3-4-7-18(17)16-19)25-20-11-13-21(14-12-20)30(28,29)26-22-8-2-1-5-15-24-22/h3-4,6-7,9-14,16H,1-2,5,8,15H2,(H,24,26)(H,25,27). The predicted octanol–water partition coefficient (Wildman–Crippen LogP) is 4.34. The lowest BCUT2D eigenvalue weighted by Crippen LogP contribution is -2.30. The van der Waals surface area contributed by atoms with E-state index >= 15 is 0 Å². The molecule has 1 heterocycles. The summed E-state index contributed by atoms with van der Waals surface area (Å²) in [5, 5.41) is 4.86. The lowest BCUT2D eigenvalue weighted by Gasteiger charge is -2.11. The number of anilines is 1. The van der Waals surface area contributed by atoms with Crippen molar-refractivity contribution in [3.8, 4) is 0 Å². The number of rotatable bonds is 4. The van der Waals surface area contributed by atoms with Gasteiger partial charge in [-0.1, -0.05) is 36.8 Å². The molecule has 0 unspecified atom stereocenters. The first-order valence-electron chi connectivity index (χ1n) is 9.98. The highest BCUT2D eigenvalue weighted by Gasteiger charge is 2.17. The summed E-state index contributed by atoms with van der Waals surface area (Å²) in [5.74, 6) is 0.267. The lowest BCUT2D eigenvalue weighted by molar-refractivity contribution is 0.102. The van der Waals surface area contributed by atoms with Crippen LogP contribution >= 0.6 is 0 Å². The van der Waals surface area contributed by atoms with Crippen molar-refractivity contribution in [1.29, 1.82) is 0 Å². The van der Waals surface area contributed by atoms with Crippen LogP contribution in [0.5, 0.6) is 0 Å². The zero-order chi connectivity index (χ0) is 21.0. The molecule has 7 heteroatoms. The summed E-state index contributed by atoms with van der Waals surface area (Å²) in [6, 6.07) is 19.5. The lowest BCUT2D eigenvalue weighted by atomic mass is 10.1. The van der Waals surface area contributed by atoms with E-state index in [1.54, 1.807) is 18.2 Å². The largest absolute Gasteiger partial charge is 0.322 e. The topological polar surface area (TPSA) is 87.6 Å². The summed E-state index contributed by atoms with van der Waals surface area (Å²) < 4.78 is 27.8. The second kappa shape index (κ2) is 8.67. The number of sulfonamides is 1. The van der Waals surface area contributed by atoms with Crippen LogP contribution in [0.25, 0.3) is 10.8 Å². The zero-order valence-electron chi connectivity index (χ0n) is 16.5. The molecule has 1 aliphatic rings. The Morgan fingerprint density at radius 2 is 1.63 bits per heavy atom. The predicted molar refractivity (Wildman–Crippen MR) is 119 cm³/mol. The minimum absolute atomic E-state index is 0.137. The molecular weight excluding hydrogens is 398 g/mol. The molecule has 0 fully saturated rings. The van der Waals surface area contributed by atoms with Crippen molar-refractivity contribution >= 4 is 38.2 Å². The number of hydrogen-bond acceptors (Lipinski definition) is 4. The summed E-state index contributed by atoms with van der Waals surface area (Å²) in [5.41, 5.74) is 1.07. The second-order valence-corrected chi connectivity index (χ2v) is 8.97. The minimum atomic E-state index is -3.69. The van der Waals surface area contributed by atoms with Crippen LogP contribution in [0.1, 0.15) is 36.0 Å². The highest BCUT2D eigenvalue weighted by molar-refractivity contribution is 7.90. The molecule has 0 saturated carbocycles. The number of carbonyl (C=O) groups excluding carboxylic acids is 1. The number of hydrogen-bond donors (Lipinski definition) is 2. The Hall–Kier alpha value is -3.19. The summed E-state index contributed by atoms with van der Waals surface area (Å²) >= 11 is 0. The molecule has 1 amide bonds. The highest BCUT2D eigenvalue weighted by Crippen LogP contribution is 2.19. The number of amidine groups is 1. The quantitative estimate of drug-likeness (QED) is 0.657. The van der Waals surface area contributed by atoms with Crippen LogP contribution < -0.4 is 10.0 Å². The summed E-state index contributed by atoms with van der Waals surface area (Å²) in [6.07, 6.45) is 3.61. The molecule has 3 aromatic carbocycles. The maximum atomic E-state index is 12.6. The number of nitrogens with one attached hydrogen (secondary N) is 2. The first-order valence-corrected chi connectivity index (χ1v) is 11.5. The smallest absolute Gasteiger partial charge is 0.262 e. The van der Waals surface area contributed by atoms with Gasteiger partial charge in [0.2, 0.25) is 0 Å². The molecule has 0 radical (unpaired) electrons. The van der Waals surface area contributed by atoms with Gasteiger partial charge in [-0.15, -0.1) is 0 Å². The van der Waals surface area contributed by atoms with E-state index in [1.807, 2.05) is 36.4 Å². The zero-order valence-corrected chi connectivity index (χ0v) is 17.3. The fourth-order valence-electron chi connectivity index (χ4n) is 3.42. The van der Waals surface area contributed by atoms with Crippen molar-refractivity contribution < 1.29 is 13.2 Å². The second-order valence-electron chi connectivity index (χ2n) is 7.29. The van der Waals surface area contributed by atoms with E-state index in [2.05, 4.69) is 15.0 Å². The molecule has 0 bridgehead atoms. The van der Waals surface area contributed by atoms with E-state index in [0.717, 1.165) is 30.0 Å². The van der Waals surface area contributed by atoms with Crippen molar-refractivity contribution in [2.24, 2.45) is 4.99 Å². The summed E-state index contributed by atoms with van der Waals surface area (Å²) in [7, 11) is -3.69. The van der Waals surface area contributed by atoms with E-state index in [0.29, 0.717) is 30.1 Å². The van der Waals surface area contributed by atoms with Gasteiger partial charge in [0.25, 0.3) is 15.9 Å². The van der Waals surface area contributed by atoms with Gasteiger partial charge in [-0.3, -0.25) is 14.5 Å². The summed E-state index contributed by atoms with van der Waals surface area (Å²) in [6.45, 7) is 0.650. The first kappa shape index (κ1) is 20.1. The van der Waals surface area contributed by atoms with Crippen LogP contribution in [0.15, 0.2) is 76.6 Å². The fraction of sp³-hybridized carbons (Fsp3) is 0.217. The molecule has 0 aromatic heterocycles. The molecule has 154 valence electrons. The van der Waals surface area contributed by atoms with Gasteiger partial charge >= 0.3 is 0 Å². The van der Waals surface area contributed by atoms with Gasteiger partial charge in [-0.05, 0) is 60.0 Å². The Labute approximate surface area is 176 Å². The third-order valence-corrected chi connectivity index (χ3v) is 6.46. The van der Waals surface area contributed by atoms with Crippen LogP contribution in [-0.4, -0.2) is 26.7 Å². The maximum Gasteiger partial charge on any atom is 0.262 e. The third-order valence-electron chi connectivity index (χ3n) is 5.06. The van der Waals surface area contributed by atoms with Gasteiger partial charge in [0.05, 0.1) is 4.90 Å². The maximum absolute atomic E-state index is 12.6. The Kier molecular flexibility index (Phi) is 5.81. The molecule has 4 rings (SSSR count). The fourth-order valence-corrected chi connectivity index (χ4v) is 4.51. The van der Waals surface area contributed by atoms with E-state index in [4.69, 9.17) is 0 Å². The molecular formula is C23H23N3O3S. The molecule has 30 heavy (non-hydrogen) atoms. The van der Waals surface area contributed by atoms with E-state index in [9.17, 15) is 13.2 Å². The molecule has 2 N–H and O–H groups in total. The Balaban J connectivity index is 1.46. The molecule has 3 aromatic rings. The van der Waals surface area contributed by atoms with Crippen LogP contribution in [-0.2, 0) is 10.0 Å². The number of nitrogens with zero attached hydrogens (tertiary/aromatic N) is 1. The average Bonchev–Trinajstić information content (AvgIpc) is 3.02. The van der Waals surface area contributed by atoms with Crippen molar-refractivity contribution in [3.05, 3.63) is 72.3 Å². The van der Waals surface area contributed by atoms with Crippen molar-refractivity contribution in [2.45, 2.75) is 30.6 Å². The number of amides is 1. The number of fused-ring (bicyclic) bond motifs is 1. The average molecular weight is 422 g/mol. The van der Waals surface area contributed by atoms with Gasteiger partial charge in [0, 0.05) is 24.2 Å². The SMILES string of the molecule is O=C(Nc1ccc(S(=O)(=O)NC2=NCCCCC2)cc1)c1ccc2ccccc2c1. The van der Waals surface area contributed by atoms with E-state index in [1.165, 1.54) is 12.1 Å². The molecule has 0 saturated heterocycles. The van der Waals surface area contributed by atoms with Gasteiger partial charge in [0.15, 0.2) is 0 Å². The van der Waals surface area contributed by atoms with Crippen LogP contribution in [0, 0.1) is 0 Å². The molecule has 0 atom stereocenters. The van der Waals surface area contributed by atoms with Gasteiger partial charge in [0.1, 0.15) is 5.84 Å². The van der Waals surface area contributed by atoms with Crippen LogP contribution in [0.3, 0.4) is 0 Å². The monoisotopic (exact) mass is 421 g/mol. The normalized spacial score (nSPS) is 14.6. The Bertz CT molecular complexity index is 1200. The van der Waals surface area contributed by atoms with Crippen molar-refractivity contribution in [2.75, 3.05) is 11.9 Å². The van der Waals surface area contributed by atoms with Crippen LogP contribution in [0.2, 0.25) is 0 Å². The number of carbonyl (C=O) groups is 1. The van der Waals surface area contributed by atoms with E-state index < -0.39 is 10.0 Å². The summed E-state index contributed by atoms with van der Waals surface area (Å²) in [4.78, 5) is 17.0. The highest BCUT2D eigenvalue weighted by atomic mass is 32.2. The minimum Gasteiger partial charge on any atom is -0.322 e. The Morgan fingerprint density at radius 3 is 2.43 bits per heavy atom. The van der Waals surface area contributed by atoms with Crippen molar-refractivity contribution in [3.63, 3.8) is 0 Å². The molecule has 6 nitrogen and oxygen atoms in total. The number of aliphatic imine (C=N–C) groups is 1. The third kappa shape index (κ3) is 4.68. The van der Waals surface area contributed by atoms with Crippen LogP contribution in [0.4, 0.5) is 5.69 Å². The van der Waals surface area contributed by atoms with Gasteiger partial charge in [-0.2, -0.15) is 0 Å². The molecule has 0 spiro atoms. The Morgan fingerprint density at radius 1 is 0.867 bits per heavy atom. The molecule has 1 aliphatic heterocycles.